The Bertz CT molecular complexity index is 119. The van der Waals surface area contributed by atoms with Gasteiger partial charge in [0, 0.05) is 5.54 Å². The van der Waals surface area contributed by atoms with E-state index in [-0.39, 0.29) is 0 Å². The Labute approximate surface area is 74.8 Å². The van der Waals surface area contributed by atoms with Gasteiger partial charge in [-0.2, -0.15) is 0 Å². The smallest absolute Gasteiger partial charge is 0.00321 e. The van der Waals surface area contributed by atoms with Crippen molar-refractivity contribution in [2.45, 2.75) is 27.2 Å². The Morgan fingerprint density at radius 2 is 2.18 bits per heavy atom. The van der Waals surface area contributed by atoms with Crippen LogP contribution in [0.1, 0.15) is 27.2 Å². The molecule has 11 heavy (non-hydrogen) atoms. The molecule has 0 saturated carbocycles. The van der Waals surface area contributed by atoms with Gasteiger partial charge < -0.3 is 5.32 Å². The van der Waals surface area contributed by atoms with Crippen LogP contribution in [0.15, 0.2) is 11.1 Å². The van der Waals surface area contributed by atoms with E-state index in [4.69, 9.17) is 11.6 Å². The summed E-state index contributed by atoms with van der Waals surface area (Å²) in [6.45, 7) is 8.58. The Hall–Kier alpha value is -0.0100. The zero-order chi connectivity index (χ0) is 8.69. The first-order valence-corrected chi connectivity index (χ1v) is 4.57. The van der Waals surface area contributed by atoms with E-state index in [1.54, 1.807) is 5.54 Å². The standard InChI is InChI=1S/C9H18ClN/c1-8(2)7-11-5-4-9(3)6-10/h6,8,11H,4-5,7H2,1-3H3. The van der Waals surface area contributed by atoms with Crippen molar-refractivity contribution in [2.75, 3.05) is 13.1 Å². The van der Waals surface area contributed by atoms with E-state index in [1.165, 1.54) is 5.57 Å². The highest BCUT2D eigenvalue weighted by atomic mass is 35.5. The topological polar surface area (TPSA) is 12.0 Å². The first kappa shape index (κ1) is 11.0. The molecule has 0 saturated heterocycles. The fourth-order valence-corrected chi connectivity index (χ4v) is 0.840. The van der Waals surface area contributed by atoms with Gasteiger partial charge in [-0.25, -0.2) is 0 Å². The van der Waals surface area contributed by atoms with Crippen LogP contribution in [0.2, 0.25) is 0 Å². The van der Waals surface area contributed by atoms with Crippen LogP contribution >= 0.6 is 11.6 Å². The molecule has 1 nitrogen and oxygen atoms in total. The van der Waals surface area contributed by atoms with E-state index in [0.29, 0.717) is 0 Å². The molecule has 0 aliphatic heterocycles. The molecule has 0 heterocycles. The zero-order valence-electron chi connectivity index (χ0n) is 7.65. The van der Waals surface area contributed by atoms with Gasteiger partial charge >= 0.3 is 0 Å². The number of halogens is 1. The highest BCUT2D eigenvalue weighted by Crippen LogP contribution is 1.99. The predicted octanol–water partition coefficient (Wildman–Crippen LogP) is 2.76. The van der Waals surface area contributed by atoms with Crippen molar-refractivity contribution in [3.63, 3.8) is 0 Å². The molecule has 0 spiro atoms. The minimum Gasteiger partial charge on any atom is -0.316 e. The van der Waals surface area contributed by atoms with Gasteiger partial charge in [-0.3, -0.25) is 0 Å². The van der Waals surface area contributed by atoms with Crippen LogP contribution < -0.4 is 5.32 Å². The Kier molecular flexibility index (Phi) is 6.68. The summed E-state index contributed by atoms with van der Waals surface area (Å²) < 4.78 is 0. The van der Waals surface area contributed by atoms with Crippen LogP contribution in [0.3, 0.4) is 0 Å². The van der Waals surface area contributed by atoms with Crippen molar-refractivity contribution in [1.82, 2.24) is 5.32 Å². The minimum atomic E-state index is 0.732. The summed E-state index contributed by atoms with van der Waals surface area (Å²) >= 11 is 5.50. The lowest BCUT2D eigenvalue weighted by Crippen LogP contribution is -2.20. The quantitative estimate of drug-likeness (QED) is 0.634. The molecule has 0 bridgehead atoms. The molecule has 0 radical (unpaired) electrons. The molecule has 0 aliphatic rings. The second kappa shape index (κ2) is 6.68. The average molecular weight is 176 g/mol. The van der Waals surface area contributed by atoms with Crippen molar-refractivity contribution >= 4 is 11.6 Å². The molecule has 0 fully saturated rings. The van der Waals surface area contributed by atoms with E-state index in [2.05, 4.69) is 19.2 Å². The summed E-state index contributed by atoms with van der Waals surface area (Å²) in [5, 5.41) is 3.35. The van der Waals surface area contributed by atoms with Gasteiger partial charge in [0.25, 0.3) is 0 Å². The van der Waals surface area contributed by atoms with E-state index < -0.39 is 0 Å². The Morgan fingerprint density at radius 1 is 1.55 bits per heavy atom. The second-order valence-electron chi connectivity index (χ2n) is 3.30. The highest BCUT2D eigenvalue weighted by Gasteiger charge is 1.92. The lowest BCUT2D eigenvalue weighted by atomic mass is 10.2. The summed E-state index contributed by atoms with van der Waals surface area (Å²) in [7, 11) is 0. The van der Waals surface area contributed by atoms with Crippen molar-refractivity contribution in [2.24, 2.45) is 5.92 Å². The number of hydrogen-bond donors (Lipinski definition) is 1. The molecule has 0 rings (SSSR count). The fraction of sp³-hybridized carbons (Fsp3) is 0.778. The number of hydrogen-bond acceptors (Lipinski definition) is 1. The average Bonchev–Trinajstić information content (AvgIpc) is 1.97. The highest BCUT2D eigenvalue weighted by molar-refractivity contribution is 6.25. The van der Waals surface area contributed by atoms with Crippen molar-refractivity contribution in [3.8, 4) is 0 Å². The molecule has 0 aromatic carbocycles. The zero-order valence-corrected chi connectivity index (χ0v) is 8.41. The SMILES string of the molecule is CC(=CCl)CCNCC(C)C. The van der Waals surface area contributed by atoms with Crippen LogP contribution in [-0.2, 0) is 0 Å². The van der Waals surface area contributed by atoms with Crippen LogP contribution in [0.5, 0.6) is 0 Å². The fourth-order valence-electron chi connectivity index (χ4n) is 0.731. The van der Waals surface area contributed by atoms with Crippen LogP contribution in [0.25, 0.3) is 0 Å². The van der Waals surface area contributed by atoms with Gasteiger partial charge in [0.05, 0.1) is 0 Å². The maximum absolute atomic E-state index is 5.50. The van der Waals surface area contributed by atoms with Gasteiger partial charge in [-0.05, 0) is 32.4 Å². The van der Waals surface area contributed by atoms with E-state index >= 15 is 0 Å². The first-order valence-electron chi connectivity index (χ1n) is 4.13. The molecule has 0 atom stereocenters. The van der Waals surface area contributed by atoms with E-state index in [1.807, 2.05) is 6.92 Å². The maximum Gasteiger partial charge on any atom is 0.00321 e. The summed E-state index contributed by atoms with van der Waals surface area (Å²) in [4.78, 5) is 0. The Balaban J connectivity index is 3.15. The minimum absolute atomic E-state index is 0.732. The number of nitrogens with one attached hydrogen (secondary N) is 1. The summed E-state index contributed by atoms with van der Waals surface area (Å²) in [5.41, 5.74) is 2.89. The lowest BCUT2D eigenvalue weighted by Gasteiger charge is -2.06. The van der Waals surface area contributed by atoms with Crippen molar-refractivity contribution < 1.29 is 0 Å². The molecular formula is C9H18ClN. The van der Waals surface area contributed by atoms with Gasteiger partial charge in [0.15, 0.2) is 0 Å². The summed E-state index contributed by atoms with van der Waals surface area (Å²) in [6.07, 6.45) is 1.05. The van der Waals surface area contributed by atoms with Gasteiger partial charge in [-0.15, -0.1) is 0 Å². The second-order valence-corrected chi connectivity index (χ2v) is 3.52. The third-order valence-electron chi connectivity index (χ3n) is 1.43. The number of rotatable bonds is 5. The lowest BCUT2D eigenvalue weighted by molar-refractivity contribution is 0.554. The maximum atomic E-state index is 5.50. The van der Waals surface area contributed by atoms with Gasteiger partial charge in [0.1, 0.15) is 0 Å². The van der Waals surface area contributed by atoms with Crippen LogP contribution in [0.4, 0.5) is 0 Å². The van der Waals surface area contributed by atoms with E-state index in [9.17, 15) is 0 Å². The molecule has 0 unspecified atom stereocenters. The molecular weight excluding hydrogens is 158 g/mol. The molecule has 66 valence electrons. The van der Waals surface area contributed by atoms with Gasteiger partial charge in [0.2, 0.25) is 0 Å². The van der Waals surface area contributed by atoms with Crippen LogP contribution in [-0.4, -0.2) is 13.1 Å². The third kappa shape index (κ3) is 7.89. The van der Waals surface area contributed by atoms with Gasteiger partial charge in [-0.1, -0.05) is 31.0 Å². The monoisotopic (exact) mass is 175 g/mol. The largest absolute Gasteiger partial charge is 0.316 e. The van der Waals surface area contributed by atoms with Crippen molar-refractivity contribution in [3.05, 3.63) is 11.1 Å². The first-order chi connectivity index (χ1) is 5.16. The molecule has 0 aromatic rings. The summed E-state index contributed by atoms with van der Waals surface area (Å²) in [5.74, 6) is 0.732. The molecule has 2 heteroatoms. The summed E-state index contributed by atoms with van der Waals surface area (Å²) in [6, 6.07) is 0. The molecule has 0 amide bonds. The Morgan fingerprint density at radius 3 is 2.64 bits per heavy atom. The third-order valence-corrected chi connectivity index (χ3v) is 1.81. The predicted molar refractivity (Wildman–Crippen MR) is 51.9 cm³/mol. The normalized spacial score (nSPS) is 12.6. The molecule has 0 aromatic heterocycles. The van der Waals surface area contributed by atoms with Crippen LogP contribution in [0, 0.1) is 5.92 Å². The molecule has 1 N–H and O–H groups in total. The van der Waals surface area contributed by atoms with Crippen molar-refractivity contribution in [1.29, 1.82) is 0 Å². The molecule has 0 aliphatic carbocycles. The van der Waals surface area contributed by atoms with E-state index in [0.717, 1.165) is 25.4 Å².